The Morgan fingerprint density at radius 2 is 1.38 bits per heavy atom. The molecule has 0 unspecified atom stereocenters. The minimum absolute atomic E-state index is 0.0619. The van der Waals surface area contributed by atoms with Crippen LogP contribution in [0.5, 0.6) is 0 Å². The first-order chi connectivity index (χ1) is 14.0. The Hall–Kier alpha value is -2.90. The predicted molar refractivity (Wildman–Crippen MR) is 110 cm³/mol. The van der Waals surface area contributed by atoms with Crippen LogP contribution in [0, 0.1) is 0 Å². The maximum atomic E-state index is 12.8. The van der Waals surface area contributed by atoms with E-state index >= 15 is 0 Å². The molecule has 7 nitrogen and oxygen atoms in total. The van der Waals surface area contributed by atoms with Gasteiger partial charge in [-0.25, -0.2) is 0 Å². The van der Waals surface area contributed by atoms with Crippen molar-refractivity contribution in [1.82, 2.24) is 24.6 Å². The summed E-state index contributed by atoms with van der Waals surface area (Å²) in [5.74, 6) is -0.240. The number of aromatic nitrogens is 3. The lowest BCUT2D eigenvalue weighted by Gasteiger charge is -2.35. The molecule has 3 aromatic rings. The Morgan fingerprint density at radius 1 is 0.793 bits per heavy atom. The fourth-order valence-electron chi connectivity index (χ4n) is 3.24. The quantitative estimate of drug-likeness (QED) is 0.640. The van der Waals surface area contributed by atoms with Gasteiger partial charge in [0.1, 0.15) is 12.7 Å². The molecule has 1 fully saturated rings. The van der Waals surface area contributed by atoms with Gasteiger partial charge >= 0.3 is 0 Å². The van der Waals surface area contributed by atoms with E-state index in [1.807, 2.05) is 12.1 Å². The number of carbonyl (C=O) groups excluding carboxylic acids is 2. The number of rotatable bonds is 3. The van der Waals surface area contributed by atoms with Gasteiger partial charge in [-0.3, -0.25) is 14.2 Å². The van der Waals surface area contributed by atoms with Crippen LogP contribution in [0.25, 0.3) is 5.69 Å². The van der Waals surface area contributed by atoms with E-state index in [2.05, 4.69) is 10.2 Å². The van der Waals surface area contributed by atoms with Crippen LogP contribution in [0.3, 0.4) is 0 Å². The SMILES string of the molecule is O=C(c1ccc(-n2cnnc2)cc1)N1CCN(C(=O)c2cccc(Cl)c2Cl)CC1. The molecule has 0 atom stereocenters. The zero-order valence-electron chi connectivity index (χ0n) is 15.3. The van der Waals surface area contributed by atoms with Crippen molar-refractivity contribution in [2.45, 2.75) is 0 Å². The van der Waals surface area contributed by atoms with E-state index in [-0.39, 0.29) is 16.8 Å². The molecule has 4 rings (SSSR count). The molecule has 9 heteroatoms. The molecule has 1 aliphatic heterocycles. The molecule has 148 valence electrons. The highest BCUT2D eigenvalue weighted by Gasteiger charge is 2.26. The molecular formula is C20H17Cl2N5O2. The van der Waals surface area contributed by atoms with Gasteiger partial charge in [0, 0.05) is 37.4 Å². The Bertz CT molecular complexity index is 1030. The van der Waals surface area contributed by atoms with Crippen molar-refractivity contribution >= 4 is 35.0 Å². The van der Waals surface area contributed by atoms with Gasteiger partial charge in [0.25, 0.3) is 11.8 Å². The third-order valence-corrected chi connectivity index (χ3v) is 5.69. The lowest BCUT2D eigenvalue weighted by molar-refractivity contribution is 0.0535. The van der Waals surface area contributed by atoms with Gasteiger partial charge in [-0.2, -0.15) is 0 Å². The third-order valence-electron chi connectivity index (χ3n) is 4.87. The van der Waals surface area contributed by atoms with Gasteiger partial charge in [0.2, 0.25) is 0 Å². The average Bonchev–Trinajstić information content (AvgIpc) is 3.30. The van der Waals surface area contributed by atoms with Crippen LogP contribution in [-0.4, -0.2) is 62.6 Å². The van der Waals surface area contributed by atoms with Crippen LogP contribution in [0.2, 0.25) is 10.0 Å². The number of hydrogen-bond donors (Lipinski definition) is 0. The Kier molecular flexibility index (Phi) is 5.51. The number of hydrogen-bond acceptors (Lipinski definition) is 4. The highest BCUT2D eigenvalue weighted by molar-refractivity contribution is 6.43. The van der Waals surface area contributed by atoms with Crippen LogP contribution in [0.1, 0.15) is 20.7 Å². The van der Waals surface area contributed by atoms with E-state index in [1.165, 1.54) is 0 Å². The summed E-state index contributed by atoms with van der Waals surface area (Å²) in [4.78, 5) is 29.0. The van der Waals surface area contributed by atoms with Crippen LogP contribution in [0.15, 0.2) is 55.1 Å². The first kappa shape index (κ1) is 19.4. The lowest BCUT2D eigenvalue weighted by Crippen LogP contribution is -2.50. The maximum Gasteiger partial charge on any atom is 0.255 e. The second-order valence-electron chi connectivity index (χ2n) is 6.60. The smallest absolute Gasteiger partial charge is 0.255 e. The molecule has 2 aromatic carbocycles. The summed E-state index contributed by atoms with van der Waals surface area (Å²) in [6.45, 7) is 1.78. The second-order valence-corrected chi connectivity index (χ2v) is 7.39. The number of nitrogens with zero attached hydrogens (tertiary/aromatic N) is 5. The predicted octanol–water partition coefficient (Wildman–Crippen LogP) is 3.17. The molecule has 0 bridgehead atoms. The number of piperazine rings is 1. The van der Waals surface area contributed by atoms with E-state index < -0.39 is 0 Å². The fourth-order valence-corrected chi connectivity index (χ4v) is 3.63. The zero-order valence-corrected chi connectivity index (χ0v) is 16.8. The molecule has 0 spiro atoms. The van der Waals surface area contributed by atoms with Crippen molar-refractivity contribution in [3.8, 4) is 5.69 Å². The number of halogens is 2. The summed E-state index contributed by atoms with van der Waals surface area (Å²) in [6.07, 6.45) is 3.19. The van der Waals surface area contributed by atoms with E-state index in [9.17, 15) is 9.59 Å². The van der Waals surface area contributed by atoms with Gasteiger partial charge < -0.3 is 9.80 Å². The van der Waals surface area contributed by atoms with Gasteiger partial charge in [-0.15, -0.1) is 10.2 Å². The van der Waals surface area contributed by atoms with Gasteiger partial charge in [0.15, 0.2) is 0 Å². The maximum absolute atomic E-state index is 12.8. The van der Waals surface area contributed by atoms with Crippen molar-refractivity contribution in [2.75, 3.05) is 26.2 Å². The third kappa shape index (κ3) is 3.97. The summed E-state index contributed by atoms with van der Waals surface area (Å²) in [7, 11) is 0. The molecule has 29 heavy (non-hydrogen) atoms. The molecule has 0 saturated carbocycles. The molecule has 2 heterocycles. The fraction of sp³-hybridized carbons (Fsp3) is 0.200. The Labute approximate surface area is 177 Å². The molecule has 1 saturated heterocycles. The summed E-state index contributed by atoms with van der Waals surface area (Å²) in [5.41, 5.74) is 1.85. The second kappa shape index (κ2) is 8.23. The van der Waals surface area contributed by atoms with Crippen LogP contribution in [-0.2, 0) is 0 Å². The van der Waals surface area contributed by atoms with Crippen molar-refractivity contribution in [3.05, 3.63) is 76.3 Å². The average molecular weight is 430 g/mol. The molecular weight excluding hydrogens is 413 g/mol. The zero-order chi connectivity index (χ0) is 20.4. The van der Waals surface area contributed by atoms with Crippen molar-refractivity contribution in [3.63, 3.8) is 0 Å². The van der Waals surface area contributed by atoms with Crippen molar-refractivity contribution < 1.29 is 9.59 Å². The summed E-state index contributed by atoms with van der Waals surface area (Å²) in [6, 6.07) is 12.2. The topological polar surface area (TPSA) is 71.3 Å². The molecule has 0 N–H and O–H groups in total. The number of benzene rings is 2. The minimum atomic E-state index is -0.178. The van der Waals surface area contributed by atoms with Gasteiger partial charge in [-0.05, 0) is 36.4 Å². The Balaban J connectivity index is 1.39. The minimum Gasteiger partial charge on any atom is -0.335 e. The summed E-state index contributed by atoms with van der Waals surface area (Å²) >= 11 is 12.2. The Morgan fingerprint density at radius 3 is 2.00 bits per heavy atom. The van der Waals surface area contributed by atoms with Crippen LogP contribution < -0.4 is 0 Å². The first-order valence-corrected chi connectivity index (χ1v) is 9.78. The number of carbonyl (C=O) groups is 2. The van der Waals surface area contributed by atoms with Crippen LogP contribution in [0.4, 0.5) is 0 Å². The molecule has 1 aliphatic rings. The molecule has 2 amide bonds. The van der Waals surface area contributed by atoms with E-state index in [0.29, 0.717) is 42.3 Å². The highest BCUT2D eigenvalue weighted by atomic mass is 35.5. The molecule has 0 radical (unpaired) electrons. The van der Waals surface area contributed by atoms with Crippen molar-refractivity contribution in [2.24, 2.45) is 0 Å². The lowest BCUT2D eigenvalue weighted by atomic mass is 10.1. The van der Waals surface area contributed by atoms with Crippen LogP contribution >= 0.6 is 23.2 Å². The molecule has 0 aliphatic carbocycles. The van der Waals surface area contributed by atoms with Crippen molar-refractivity contribution in [1.29, 1.82) is 0 Å². The first-order valence-electron chi connectivity index (χ1n) is 9.02. The largest absolute Gasteiger partial charge is 0.335 e. The summed E-state index contributed by atoms with van der Waals surface area (Å²) in [5, 5.41) is 8.15. The van der Waals surface area contributed by atoms with E-state index in [1.54, 1.807) is 57.4 Å². The monoisotopic (exact) mass is 429 g/mol. The van der Waals surface area contributed by atoms with E-state index in [0.717, 1.165) is 5.69 Å². The highest BCUT2D eigenvalue weighted by Crippen LogP contribution is 2.27. The van der Waals surface area contributed by atoms with E-state index in [4.69, 9.17) is 23.2 Å². The standard InChI is InChI=1S/C20H17Cl2N5O2/c21-17-3-1-2-16(18(17)22)20(29)26-10-8-25(9-11-26)19(28)14-4-6-15(7-5-14)27-12-23-24-13-27/h1-7,12-13H,8-11H2. The normalized spacial score (nSPS) is 14.1. The molecule has 1 aromatic heterocycles. The summed E-state index contributed by atoms with van der Waals surface area (Å²) < 4.78 is 1.76. The van der Waals surface area contributed by atoms with Gasteiger partial charge in [0.05, 0.1) is 15.6 Å². The number of amides is 2. The van der Waals surface area contributed by atoms with Gasteiger partial charge in [-0.1, -0.05) is 29.3 Å².